The minimum atomic E-state index is -0.444. The molecule has 2 aromatic carbocycles. The Hall–Kier alpha value is -2.54. The molecule has 0 saturated heterocycles. The van der Waals surface area contributed by atoms with Gasteiger partial charge in [0.15, 0.2) is 0 Å². The number of benzene rings is 2. The van der Waals surface area contributed by atoms with Gasteiger partial charge < -0.3 is 9.64 Å². The molecular weight excluding hydrogens is 328 g/mol. The standard InChI is InChI=1S/C17H18N2O4S/c1-18(11-12-23-15-5-3-2-4-6-15)17(20)13-24-16-9-7-14(8-10-16)19(21)22/h2-10H,11-13H2,1H3. The van der Waals surface area contributed by atoms with Crippen LogP contribution in [0.1, 0.15) is 0 Å². The lowest BCUT2D eigenvalue weighted by molar-refractivity contribution is -0.384. The van der Waals surface area contributed by atoms with E-state index < -0.39 is 4.92 Å². The van der Waals surface area contributed by atoms with Gasteiger partial charge in [-0.2, -0.15) is 0 Å². The van der Waals surface area contributed by atoms with Gasteiger partial charge in [0.25, 0.3) is 5.69 Å². The van der Waals surface area contributed by atoms with Gasteiger partial charge >= 0.3 is 0 Å². The van der Waals surface area contributed by atoms with E-state index in [1.807, 2.05) is 30.3 Å². The van der Waals surface area contributed by atoms with Gasteiger partial charge in [0.2, 0.25) is 5.91 Å². The highest BCUT2D eigenvalue weighted by molar-refractivity contribution is 8.00. The van der Waals surface area contributed by atoms with Crippen LogP contribution in [0.2, 0.25) is 0 Å². The van der Waals surface area contributed by atoms with Crippen molar-refractivity contribution in [2.75, 3.05) is 26.0 Å². The fraction of sp³-hybridized carbons (Fsp3) is 0.235. The van der Waals surface area contributed by atoms with Crippen LogP contribution in [-0.2, 0) is 4.79 Å². The SMILES string of the molecule is CN(CCOc1ccccc1)C(=O)CSc1ccc([N+](=O)[O-])cc1. The Balaban J connectivity index is 1.72. The number of likely N-dealkylation sites (N-methyl/N-ethyl adjacent to an activating group) is 1. The molecule has 0 atom stereocenters. The summed E-state index contributed by atoms with van der Waals surface area (Å²) in [5.74, 6) is 1.04. The molecule has 2 rings (SSSR count). The molecule has 0 radical (unpaired) electrons. The summed E-state index contributed by atoms with van der Waals surface area (Å²) in [4.78, 5) is 24.7. The van der Waals surface area contributed by atoms with Crippen LogP contribution in [0.3, 0.4) is 0 Å². The lowest BCUT2D eigenvalue weighted by Gasteiger charge is -2.17. The van der Waals surface area contributed by atoms with E-state index in [9.17, 15) is 14.9 Å². The first kappa shape index (κ1) is 17.8. The molecule has 1 amide bonds. The molecule has 0 fully saturated rings. The van der Waals surface area contributed by atoms with Crippen molar-refractivity contribution in [3.05, 3.63) is 64.7 Å². The van der Waals surface area contributed by atoms with E-state index in [0.29, 0.717) is 13.2 Å². The van der Waals surface area contributed by atoms with E-state index in [-0.39, 0.29) is 17.3 Å². The highest BCUT2D eigenvalue weighted by Crippen LogP contribution is 2.21. The predicted octanol–water partition coefficient (Wildman–Crippen LogP) is 3.22. The molecule has 7 heteroatoms. The Kier molecular flexibility index (Phi) is 6.62. The number of ether oxygens (including phenoxy) is 1. The van der Waals surface area contributed by atoms with Crippen LogP contribution in [0.15, 0.2) is 59.5 Å². The molecule has 0 saturated carbocycles. The van der Waals surface area contributed by atoms with E-state index >= 15 is 0 Å². The van der Waals surface area contributed by atoms with Crippen molar-refractivity contribution in [3.8, 4) is 5.75 Å². The smallest absolute Gasteiger partial charge is 0.269 e. The number of carbonyl (C=O) groups excluding carboxylic acids is 1. The number of carbonyl (C=O) groups is 1. The monoisotopic (exact) mass is 346 g/mol. The van der Waals surface area contributed by atoms with Crippen molar-refractivity contribution in [2.24, 2.45) is 0 Å². The molecule has 0 bridgehead atoms. The Labute approximate surface area is 144 Å². The van der Waals surface area contributed by atoms with Crippen LogP contribution >= 0.6 is 11.8 Å². The van der Waals surface area contributed by atoms with E-state index in [1.54, 1.807) is 24.1 Å². The van der Waals surface area contributed by atoms with E-state index in [1.165, 1.54) is 23.9 Å². The van der Waals surface area contributed by atoms with Crippen LogP contribution < -0.4 is 4.74 Å². The predicted molar refractivity (Wildman–Crippen MR) is 93.4 cm³/mol. The second-order valence-electron chi connectivity index (χ2n) is 5.02. The van der Waals surface area contributed by atoms with Gasteiger partial charge in [0.1, 0.15) is 12.4 Å². The number of nitrogens with zero attached hydrogens (tertiary/aromatic N) is 2. The van der Waals surface area contributed by atoms with Gasteiger partial charge in [-0.05, 0) is 24.3 Å². The number of amides is 1. The molecule has 126 valence electrons. The van der Waals surface area contributed by atoms with E-state index in [2.05, 4.69) is 0 Å². The van der Waals surface area contributed by atoms with Gasteiger partial charge in [-0.25, -0.2) is 0 Å². The number of thioether (sulfide) groups is 1. The fourth-order valence-electron chi connectivity index (χ4n) is 1.86. The normalized spacial score (nSPS) is 10.2. The van der Waals surface area contributed by atoms with Gasteiger partial charge in [-0.1, -0.05) is 18.2 Å². The molecule has 0 N–H and O–H groups in total. The second-order valence-corrected chi connectivity index (χ2v) is 6.07. The summed E-state index contributed by atoms with van der Waals surface area (Å²) in [5, 5.41) is 10.6. The molecular formula is C17H18N2O4S. The molecule has 0 aliphatic rings. The minimum absolute atomic E-state index is 0.0185. The van der Waals surface area contributed by atoms with Crippen LogP contribution in [-0.4, -0.2) is 41.7 Å². The zero-order valence-electron chi connectivity index (χ0n) is 13.3. The van der Waals surface area contributed by atoms with Crippen molar-refractivity contribution >= 4 is 23.4 Å². The maximum atomic E-state index is 12.1. The van der Waals surface area contributed by atoms with Crippen LogP contribution in [0.25, 0.3) is 0 Å². The summed E-state index contributed by atoms with van der Waals surface area (Å²) in [6, 6.07) is 15.6. The summed E-state index contributed by atoms with van der Waals surface area (Å²) in [7, 11) is 1.73. The van der Waals surface area contributed by atoms with Crippen molar-refractivity contribution in [2.45, 2.75) is 4.90 Å². The molecule has 24 heavy (non-hydrogen) atoms. The first-order valence-electron chi connectivity index (χ1n) is 7.35. The third-order valence-electron chi connectivity index (χ3n) is 3.27. The van der Waals surface area contributed by atoms with Gasteiger partial charge in [0, 0.05) is 24.1 Å². The Bertz CT molecular complexity index is 677. The summed E-state index contributed by atoms with van der Waals surface area (Å²) in [6.07, 6.45) is 0. The van der Waals surface area contributed by atoms with Gasteiger partial charge in [0.05, 0.1) is 17.2 Å². The lowest BCUT2D eigenvalue weighted by atomic mass is 10.3. The number of hydrogen-bond acceptors (Lipinski definition) is 5. The summed E-state index contributed by atoms with van der Waals surface area (Å²) >= 11 is 1.35. The average molecular weight is 346 g/mol. The second kappa shape index (κ2) is 8.93. The average Bonchev–Trinajstić information content (AvgIpc) is 2.60. The number of nitro groups is 1. The highest BCUT2D eigenvalue weighted by Gasteiger charge is 2.10. The first-order valence-corrected chi connectivity index (χ1v) is 8.34. The van der Waals surface area contributed by atoms with Crippen molar-refractivity contribution < 1.29 is 14.5 Å². The number of non-ortho nitro benzene ring substituents is 1. The van der Waals surface area contributed by atoms with Gasteiger partial charge in [-0.3, -0.25) is 14.9 Å². The zero-order chi connectivity index (χ0) is 17.4. The highest BCUT2D eigenvalue weighted by atomic mass is 32.2. The molecule has 0 aromatic heterocycles. The molecule has 0 spiro atoms. The van der Waals surface area contributed by atoms with E-state index in [0.717, 1.165) is 10.6 Å². The molecule has 0 aliphatic heterocycles. The third kappa shape index (κ3) is 5.58. The topological polar surface area (TPSA) is 72.7 Å². The first-order chi connectivity index (χ1) is 11.6. The largest absolute Gasteiger partial charge is 0.492 e. The maximum absolute atomic E-state index is 12.1. The summed E-state index contributed by atoms with van der Waals surface area (Å²) < 4.78 is 5.56. The number of rotatable bonds is 8. The Morgan fingerprint density at radius 1 is 1.17 bits per heavy atom. The van der Waals surface area contributed by atoms with E-state index in [4.69, 9.17) is 4.74 Å². The van der Waals surface area contributed by atoms with Crippen molar-refractivity contribution in [1.29, 1.82) is 0 Å². The quantitative estimate of drug-likeness (QED) is 0.417. The van der Waals surface area contributed by atoms with Crippen LogP contribution in [0.5, 0.6) is 5.75 Å². The molecule has 0 aliphatic carbocycles. The van der Waals surface area contributed by atoms with Crippen LogP contribution in [0.4, 0.5) is 5.69 Å². The molecule has 2 aromatic rings. The lowest BCUT2D eigenvalue weighted by Crippen LogP contribution is -2.32. The summed E-state index contributed by atoms with van der Waals surface area (Å²) in [6.45, 7) is 0.920. The Morgan fingerprint density at radius 2 is 1.83 bits per heavy atom. The zero-order valence-corrected chi connectivity index (χ0v) is 14.1. The molecule has 6 nitrogen and oxygen atoms in total. The van der Waals surface area contributed by atoms with Crippen LogP contribution in [0, 0.1) is 10.1 Å². The van der Waals surface area contributed by atoms with Crippen molar-refractivity contribution in [1.82, 2.24) is 4.90 Å². The maximum Gasteiger partial charge on any atom is 0.269 e. The number of para-hydroxylation sites is 1. The minimum Gasteiger partial charge on any atom is -0.492 e. The Morgan fingerprint density at radius 3 is 2.46 bits per heavy atom. The van der Waals surface area contributed by atoms with Crippen molar-refractivity contribution in [3.63, 3.8) is 0 Å². The summed E-state index contributed by atoms with van der Waals surface area (Å²) in [5.41, 5.74) is 0.0425. The molecule has 0 unspecified atom stereocenters. The third-order valence-corrected chi connectivity index (χ3v) is 4.27. The fourth-order valence-corrected chi connectivity index (χ4v) is 2.70. The van der Waals surface area contributed by atoms with Gasteiger partial charge in [-0.15, -0.1) is 11.8 Å². The molecule has 0 heterocycles. The number of nitro benzene ring substituents is 1. The number of hydrogen-bond donors (Lipinski definition) is 0.